The van der Waals surface area contributed by atoms with E-state index >= 15 is 0 Å². The van der Waals surface area contributed by atoms with E-state index in [-0.39, 0.29) is 24.0 Å². The van der Waals surface area contributed by atoms with Crippen molar-refractivity contribution in [2.24, 2.45) is 11.8 Å². The Morgan fingerprint density at radius 2 is 2.08 bits per heavy atom. The van der Waals surface area contributed by atoms with Gasteiger partial charge in [-0.2, -0.15) is 0 Å². The summed E-state index contributed by atoms with van der Waals surface area (Å²) in [5.41, 5.74) is 2.82. The van der Waals surface area contributed by atoms with Gasteiger partial charge in [-0.3, -0.25) is 4.79 Å². The Kier molecular flexibility index (Phi) is 10.2. The van der Waals surface area contributed by atoms with E-state index in [0.717, 1.165) is 20.0 Å². The first-order valence-corrected chi connectivity index (χ1v) is 9.54. The first kappa shape index (κ1) is 22.4. The van der Waals surface area contributed by atoms with Crippen LogP contribution in [0.1, 0.15) is 64.7 Å². The highest BCUT2D eigenvalue weighted by Crippen LogP contribution is 2.32. The number of ketones is 1. The van der Waals surface area contributed by atoms with Crippen LogP contribution in [0.3, 0.4) is 0 Å². The maximum Gasteiger partial charge on any atom is 0.366 e. The number of carbonyl (C=O) groups excluding carboxylic acids is 2. The van der Waals surface area contributed by atoms with Crippen molar-refractivity contribution in [1.82, 2.24) is 0 Å². The van der Waals surface area contributed by atoms with Crippen molar-refractivity contribution in [2.75, 3.05) is 7.11 Å². The highest BCUT2D eigenvalue weighted by Gasteiger charge is 2.33. The molecule has 0 amide bonds. The minimum Gasteiger partial charge on any atom is -0.465 e. The Morgan fingerprint density at radius 1 is 1.31 bits per heavy atom. The molecule has 1 aliphatic carbocycles. The lowest BCUT2D eigenvalue weighted by atomic mass is 9.91. The molecule has 1 rings (SSSR count). The van der Waals surface area contributed by atoms with Crippen molar-refractivity contribution < 1.29 is 24.5 Å². The molecule has 2 atom stereocenters. The molecule has 0 heterocycles. The minimum atomic E-state index is -2.54. The molecular formula is C21H32O5. The standard InChI is InChI=1S/C21H32O5/c1-3-4-5-6-7-9-12-17-14-15-19(22)18(17)13-10-8-11-16-21(24,25)20(23)26-2/h9-12,17-18,24-25H,3-7,13-16H2,1-2H3/t8?,17-,18+/m0/s1. The smallest absolute Gasteiger partial charge is 0.366 e. The lowest BCUT2D eigenvalue weighted by molar-refractivity contribution is -0.205. The fourth-order valence-corrected chi connectivity index (χ4v) is 3.16. The molecule has 1 saturated carbocycles. The number of ether oxygens (including phenoxy) is 1. The number of Topliss-reactive ketones (excluding diaryl/α,β-unsaturated/α-hetero) is 1. The fraction of sp³-hybridized carbons (Fsp3) is 0.667. The molecule has 1 fully saturated rings. The van der Waals surface area contributed by atoms with Gasteiger partial charge in [-0.25, -0.2) is 4.79 Å². The van der Waals surface area contributed by atoms with Crippen molar-refractivity contribution in [3.63, 3.8) is 0 Å². The lowest BCUT2D eigenvalue weighted by Gasteiger charge is -2.15. The van der Waals surface area contributed by atoms with E-state index in [1.807, 2.05) is 0 Å². The number of aliphatic hydroxyl groups is 2. The van der Waals surface area contributed by atoms with Crippen molar-refractivity contribution in [3.05, 3.63) is 30.0 Å². The van der Waals surface area contributed by atoms with Crippen molar-refractivity contribution in [2.45, 2.75) is 70.5 Å². The van der Waals surface area contributed by atoms with Crippen LogP contribution < -0.4 is 0 Å². The second-order valence-corrected chi connectivity index (χ2v) is 6.88. The van der Waals surface area contributed by atoms with Crippen molar-refractivity contribution in [3.8, 4) is 0 Å². The molecule has 0 saturated heterocycles. The van der Waals surface area contributed by atoms with Gasteiger partial charge in [0, 0.05) is 18.8 Å². The SMILES string of the molecule is CCCCCCC=C[C@H]1CCC(=O)[C@@H]1CC=C=CCC(O)(O)C(=O)OC. The lowest BCUT2D eigenvalue weighted by Crippen LogP contribution is -2.38. The van der Waals surface area contributed by atoms with Crippen LogP contribution in [0.5, 0.6) is 0 Å². The van der Waals surface area contributed by atoms with Crippen LogP contribution in [-0.2, 0) is 14.3 Å². The van der Waals surface area contributed by atoms with Gasteiger partial charge in [0.15, 0.2) is 0 Å². The minimum absolute atomic E-state index is 0.0311. The second kappa shape index (κ2) is 11.8. The highest BCUT2D eigenvalue weighted by molar-refractivity contribution is 5.83. The van der Waals surface area contributed by atoms with E-state index in [2.05, 4.69) is 29.5 Å². The predicted octanol–water partition coefficient (Wildman–Crippen LogP) is 3.45. The fourth-order valence-electron chi connectivity index (χ4n) is 3.16. The van der Waals surface area contributed by atoms with Gasteiger partial charge in [-0.05, 0) is 43.8 Å². The molecule has 0 aromatic carbocycles. The largest absolute Gasteiger partial charge is 0.465 e. The number of hydrogen-bond acceptors (Lipinski definition) is 5. The molecule has 0 unspecified atom stereocenters. The van der Waals surface area contributed by atoms with Gasteiger partial charge >= 0.3 is 5.97 Å². The molecule has 0 bridgehead atoms. The summed E-state index contributed by atoms with van der Waals surface area (Å²) in [4.78, 5) is 23.2. The summed E-state index contributed by atoms with van der Waals surface area (Å²) in [6, 6.07) is 0. The van der Waals surface area contributed by atoms with Crippen LogP contribution in [0, 0.1) is 11.8 Å². The van der Waals surface area contributed by atoms with E-state index < -0.39 is 11.8 Å². The molecule has 0 radical (unpaired) electrons. The van der Waals surface area contributed by atoms with Crippen LogP contribution in [0.2, 0.25) is 0 Å². The van der Waals surface area contributed by atoms with Crippen LogP contribution >= 0.6 is 0 Å². The monoisotopic (exact) mass is 364 g/mol. The molecule has 5 heteroatoms. The molecular weight excluding hydrogens is 332 g/mol. The summed E-state index contributed by atoms with van der Waals surface area (Å²) < 4.78 is 4.30. The van der Waals surface area contributed by atoms with Gasteiger partial charge in [0.25, 0.3) is 5.79 Å². The summed E-state index contributed by atoms with van der Waals surface area (Å²) in [6.45, 7) is 2.20. The van der Waals surface area contributed by atoms with Gasteiger partial charge in [-0.15, -0.1) is 5.73 Å². The highest BCUT2D eigenvalue weighted by atomic mass is 16.6. The predicted molar refractivity (Wildman–Crippen MR) is 100 cm³/mol. The average Bonchev–Trinajstić information content (AvgIpc) is 2.97. The van der Waals surface area contributed by atoms with Gasteiger partial charge in [-0.1, -0.05) is 38.3 Å². The van der Waals surface area contributed by atoms with E-state index in [0.29, 0.717) is 12.8 Å². The molecule has 1 aliphatic rings. The van der Waals surface area contributed by atoms with E-state index in [4.69, 9.17) is 0 Å². The number of carbonyl (C=O) groups is 2. The third kappa shape index (κ3) is 7.69. The Bertz CT molecular complexity index is 541. The normalized spacial score (nSPS) is 20.2. The summed E-state index contributed by atoms with van der Waals surface area (Å²) in [6.07, 6.45) is 15.3. The number of methoxy groups -OCH3 is 1. The summed E-state index contributed by atoms with van der Waals surface area (Å²) in [5.74, 6) is -3.13. The van der Waals surface area contributed by atoms with Crippen molar-refractivity contribution in [1.29, 1.82) is 0 Å². The van der Waals surface area contributed by atoms with Crippen LogP contribution in [0.15, 0.2) is 30.0 Å². The summed E-state index contributed by atoms with van der Waals surface area (Å²) in [7, 11) is 1.09. The molecule has 0 spiro atoms. The second-order valence-electron chi connectivity index (χ2n) is 6.88. The van der Waals surface area contributed by atoms with Gasteiger partial charge in [0.2, 0.25) is 0 Å². The Hall–Kier alpha value is -1.68. The molecule has 0 aliphatic heterocycles. The average molecular weight is 364 g/mol. The first-order valence-electron chi connectivity index (χ1n) is 9.54. The summed E-state index contributed by atoms with van der Waals surface area (Å²) in [5, 5.41) is 19.0. The third-order valence-electron chi connectivity index (χ3n) is 4.77. The maximum absolute atomic E-state index is 12.1. The zero-order valence-corrected chi connectivity index (χ0v) is 15.9. The maximum atomic E-state index is 12.1. The molecule has 26 heavy (non-hydrogen) atoms. The number of unbranched alkanes of at least 4 members (excludes halogenated alkanes) is 4. The third-order valence-corrected chi connectivity index (χ3v) is 4.77. The molecule has 2 N–H and O–H groups in total. The first-order chi connectivity index (χ1) is 12.4. The van der Waals surface area contributed by atoms with Crippen molar-refractivity contribution >= 4 is 11.8 Å². The summed E-state index contributed by atoms with van der Waals surface area (Å²) >= 11 is 0. The quantitative estimate of drug-likeness (QED) is 0.193. The van der Waals surface area contributed by atoms with Gasteiger partial charge < -0.3 is 14.9 Å². The zero-order valence-electron chi connectivity index (χ0n) is 15.9. The number of allylic oxidation sites excluding steroid dienone is 2. The van der Waals surface area contributed by atoms with E-state index in [1.165, 1.54) is 31.8 Å². The molecule has 146 valence electrons. The topological polar surface area (TPSA) is 83.8 Å². The molecule has 5 nitrogen and oxygen atoms in total. The number of hydrogen-bond donors (Lipinski definition) is 2. The Morgan fingerprint density at radius 3 is 2.77 bits per heavy atom. The van der Waals surface area contributed by atoms with E-state index in [1.54, 1.807) is 6.08 Å². The van der Waals surface area contributed by atoms with Gasteiger partial charge in [0.05, 0.1) is 7.11 Å². The van der Waals surface area contributed by atoms with E-state index in [9.17, 15) is 19.8 Å². The van der Waals surface area contributed by atoms with Crippen LogP contribution in [0.25, 0.3) is 0 Å². The molecule has 0 aromatic heterocycles. The Balaban J connectivity index is 2.47. The number of esters is 1. The number of rotatable bonds is 11. The Labute approximate surface area is 156 Å². The zero-order chi connectivity index (χ0) is 19.4. The van der Waals surface area contributed by atoms with Crippen LogP contribution in [0.4, 0.5) is 0 Å². The molecule has 0 aromatic rings. The van der Waals surface area contributed by atoms with Gasteiger partial charge in [0.1, 0.15) is 5.78 Å². The van der Waals surface area contributed by atoms with Crippen LogP contribution in [-0.4, -0.2) is 34.9 Å².